The van der Waals surface area contributed by atoms with Gasteiger partial charge in [-0.15, -0.1) is 11.3 Å². The van der Waals surface area contributed by atoms with Crippen molar-refractivity contribution in [2.75, 3.05) is 32.8 Å². The van der Waals surface area contributed by atoms with Gasteiger partial charge in [-0.2, -0.15) is 0 Å². The number of nitrogens with one attached hydrogen (secondary N) is 1. The van der Waals surface area contributed by atoms with Crippen molar-refractivity contribution in [1.29, 1.82) is 0 Å². The number of guanidine groups is 1. The molecule has 1 aliphatic carbocycles. The van der Waals surface area contributed by atoms with E-state index >= 15 is 0 Å². The van der Waals surface area contributed by atoms with Gasteiger partial charge in [0.2, 0.25) is 0 Å². The fourth-order valence-electron chi connectivity index (χ4n) is 3.88. The van der Waals surface area contributed by atoms with Gasteiger partial charge < -0.3 is 20.1 Å². The number of rotatable bonds is 7. The van der Waals surface area contributed by atoms with Gasteiger partial charge in [0.1, 0.15) is 6.10 Å². The van der Waals surface area contributed by atoms with Crippen LogP contribution in [0.15, 0.2) is 17.1 Å². The van der Waals surface area contributed by atoms with E-state index in [-0.39, 0.29) is 0 Å². The predicted octanol–water partition coefficient (Wildman–Crippen LogP) is 4.07. The first-order chi connectivity index (χ1) is 13.2. The fraction of sp³-hybridized carbons (Fsp3) is 0.750. The Morgan fingerprint density at radius 2 is 2.07 bits per heavy atom. The third-order valence-corrected chi connectivity index (χ3v) is 6.79. The number of halogens is 1. The van der Waals surface area contributed by atoms with Crippen LogP contribution in [0.1, 0.15) is 56.4 Å². The van der Waals surface area contributed by atoms with E-state index in [0.717, 1.165) is 55.8 Å². The number of ether oxygens (including phenoxy) is 1. The second-order valence-electron chi connectivity index (χ2n) is 7.52. The molecule has 1 aromatic rings. The molecular weight excluding hydrogens is 382 g/mol. The summed E-state index contributed by atoms with van der Waals surface area (Å²) in [5.74, 6) is 1.67. The van der Waals surface area contributed by atoms with Crippen LogP contribution in [-0.4, -0.2) is 54.9 Å². The van der Waals surface area contributed by atoms with Crippen LogP contribution in [0, 0.1) is 5.92 Å². The molecule has 0 amide bonds. The Kier molecular flexibility index (Phi) is 8.24. The minimum Gasteiger partial charge on any atom is -0.386 e. The maximum absolute atomic E-state index is 10.3. The molecule has 1 unspecified atom stereocenters. The van der Waals surface area contributed by atoms with E-state index in [9.17, 15) is 5.11 Å². The summed E-state index contributed by atoms with van der Waals surface area (Å²) in [5.41, 5.74) is 0. The standard InChI is InChI=1S/C20H32ClN3O2S/c1-2-22-20(23-13-17(25)18-7-8-19(21)27-18)24-11-9-16(10-12-24)26-14-15-5-3-4-6-15/h7-8,15-17,25H,2-6,9-14H2,1H3,(H,22,23). The van der Waals surface area contributed by atoms with Crippen molar-refractivity contribution in [3.63, 3.8) is 0 Å². The second-order valence-corrected chi connectivity index (χ2v) is 9.27. The SMILES string of the molecule is CCNC(=NCC(O)c1ccc(Cl)s1)N1CCC(OCC2CCCC2)CC1. The first-order valence-electron chi connectivity index (χ1n) is 10.2. The van der Waals surface area contributed by atoms with Crippen molar-refractivity contribution < 1.29 is 9.84 Å². The molecule has 7 heteroatoms. The number of piperidine rings is 1. The Labute approximate surface area is 171 Å². The normalized spacial score (nSPS) is 21.0. The Hall–Kier alpha value is -0.820. The molecule has 1 saturated heterocycles. The van der Waals surface area contributed by atoms with Crippen LogP contribution in [0.2, 0.25) is 4.34 Å². The zero-order valence-electron chi connectivity index (χ0n) is 16.2. The smallest absolute Gasteiger partial charge is 0.194 e. The van der Waals surface area contributed by atoms with E-state index in [2.05, 4.69) is 22.1 Å². The highest BCUT2D eigenvalue weighted by molar-refractivity contribution is 7.16. The van der Waals surface area contributed by atoms with Crippen LogP contribution in [0.25, 0.3) is 0 Å². The fourth-order valence-corrected chi connectivity index (χ4v) is 4.92. The minimum absolute atomic E-state index is 0.345. The summed E-state index contributed by atoms with van der Waals surface area (Å²) in [6, 6.07) is 3.68. The van der Waals surface area contributed by atoms with Crippen molar-refractivity contribution >= 4 is 28.9 Å². The summed E-state index contributed by atoms with van der Waals surface area (Å²) in [6.07, 6.45) is 7.28. The van der Waals surface area contributed by atoms with E-state index in [1.807, 2.05) is 12.1 Å². The summed E-state index contributed by atoms with van der Waals surface area (Å²) < 4.78 is 6.87. The zero-order chi connectivity index (χ0) is 19.1. The minimum atomic E-state index is -0.608. The number of aliphatic imine (C=N–C) groups is 1. The van der Waals surface area contributed by atoms with Gasteiger partial charge in [0.25, 0.3) is 0 Å². The van der Waals surface area contributed by atoms with Crippen LogP contribution in [-0.2, 0) is 4.74 Å². The molecule has 2 aliphatic rings. The zero-order valence-corrected chi connectivity index (χ0v) is 17.8. The third-order valence-electron chi connectivity index (χ3n) is 5.46. The van der Waals surface area contributed by atoms with Crippen molar-refractivity contribution in [1.82, 2.24) is 10.2 Å². The van der Waals surface area contributed by atoms with Gasteiger partial charge in [0.15, 0.2) is 5.96 Å². The summed E-state index contributed by atoms with van der Waals surface area (Å²) in [4.78, 5) is 7.81. The Morgan fingerprint density at radius 3 is 2.70 bits per heavy atom. The van der Waals surface area contributed by atoms with E-state index in [4.69, 9.17) is 16.3 Å². The van der Waals surface area contributed by atoms with Gasteiger partial charge in [0.05, 0.1) is 17.0 Å². The molecule has 2 heterocycles. The molecule has 2 N–H and O–H groups in total. The number of hydrogen-bond donors (Lipinski definition) is 2. The predicted molar refractivity (Wildman–Crippen MR) is 113 cm³/mol. The number of hydrogen-bond acceptors (Lipinski definition) is 4. The van der Waals surface area contributed by atoms with Gasteiger partial charge in [-0.25, -0.2) is 0 Å². The molecule has 5 nitrogen and oxygen atoms in total. The van der Waals surface area contributed by atoms with E-state index in [1.165, 1.54) is 37.0 Å². The van der Waals surface area contributed by atoms with Crippen molar-refractivity contribution in [2.24, 2.45) is 10.9 Å². The van der Waals surface area contributed by atoms with E-state index in [0.29, 0.717) is 17.0 Å². The van der Waals surface area contributed by atoms with Crippen LogP contribution in [0.4, 0.5) is 0 Å². The van der Waals surface area contributed by atoms with Crippen molar-refractivity contribution in [2.45, 2.75) is 57.7 Å². The summed E-state index contributed by atoms with van der Waals surface area (Å²) in [5, 5.41) is 13.7. The molecule has 1 aliphatic heterocycles. The lowest BCUT2D eigenvalue weighted by Crippen LogP contribution is -2.47. The van der Waals surface area contributed by atoms with Crippen LogP contribution >= 0.6 is 22.9 Å². The van der Waals surface area contributed by atoms with Gasteiger partial charge in [-0.3, -0.25) is 4.99 Å². The van der Waals surface area contributed by atoms with Crippen LogP contribution in [0.3, 0.4) is 0 Å². The van der Waals surface area contributed by atoms with E-state index < -0.39 is 6.10 Å². The van der Waals surface area contributed by atoms with Crippen molar-refractivity contribution in [3.05, 3.63) is 21.3 Å². The summed E-state index contributed by atoms with van der Waals surface area (Å²) in [7, 11) is 0. The lowest BCUT2D eigenvalue weighted by Gasteiger charge is -2.34. The van der Waals surface area contributed by atoms with Gasteiger partial charge in [0, 0.05) is 31.1 Å². The first-order valence-corrected chi connectivity index (χ1v) is 11.4. The summed E-state index contributed by atoms with van der Waals surface area (Å²) >= 11 is 7.37. The van der Waals surface area contributed by atoms with Gasteiger partial charge in [-0.05, 0) is 50.7 Å². The average Bonchev–Trinajstić information content (AvgIpc) is 3.35. The lowest BCUT2D eigenvalue weighted by atomic mass is 10.1. The molecule has 0 bridgehead atoms. The number of nitrogens with zero attached hydrogens (tertiary/aromatic N) is 2. The molecule has 1 saturated carbocycles. The molecule has 3 rings (SSSR count). The highest BCUT2D eigenvalue weighted by Gasteiger charge is 2.24. The molecule has 1 aromatic heterocycles. The Morgan fingerprint density at radius 1 is 1.33 bits per heavy atom. The van der Waals surface area contributed by atoms with Crippen LogP contribution < -0.4 is 5.32 Å². The summed E-state index contributed by atoms with van der Waals surface area (Å²) in [6.45, 7) is 6.07. The number of thiophene rings is 1. The molecule has 2 fully saturated rings. The third kappa shape index (κ3) is 6.34. The average molecular weight is 414 g/mol. The lowest BCUT2D eigenvalue weighted by molar-refractivity contribution is 0.000980. The number of likely N-dealkylation sites (tertiary alicyclic amines) is 1. The van der Waals surface area contributed by atoms with Gasteiger partial charge >= 0.3 is 0 Å². The quantitative estimate of drug-likeness (QED) is 0.522. The molecule has 0 aromatic carbocycles. The molecule has 0 radical (unpaired) electrons. The monoisotopic (exact) mass is 413 g/mol. The topological polar surface area (TPSA) is 57.1 Å². The van der Waals surface area contributed by atoms with Crippen molar-refractivity contribution in [3.8, 4) is 0 Å². The second kappa shape index (κ2) is 10.6. The first kappa shape index (κ1) is 20.9. The molecule has 152 valence electrons. The molecule has 1 atom stereocenters. The molecular formula is C20H32ClN3O2S. The maximum atomic E-state index is 10.3. The Bertz CT molecular complexity index is 596. The highest BCUT2D eigenvalue weighted by Crippen LogP contribution is 2.28. The van der Waals surface area contributed by atoms with Crippen LogP contribution in [0.5, 0.6) is 0 Å². The highest BCUT2D eigenvalue weighted by atomic mass is 35.5. The number of aliphatic hydroxyl groups is 1. The maximum Gasteiger partial charge on any atom is 0.194 e. The molecule has 27 heavy (non-hydrogen) atoms. The van der Waals surface area contributed by atoms with Gasteiger partial charge in [-0.1, -0.05) is 24.4 Å². The largest absolute Gasteiger partial charge is 0.386 e. The van der Waals surface area contributed by atoms with E-state index in [1.54, 1.807) is 0 Å². The Balaban J connectivity index is 1.46. The number of aliphatic hydroxyl groups excluding tert-OH is 1. The molecule has 0 spiro atoms.